The molecule has 0 saturated heterocycles. The van der Waals surface area contributed by atoms with Gasteiger partial charge in [-0.2, -0.15) is 4.98 Å². The predicted molar refractivity (Wildman–Crippen MR) is 58.3 cm³/mol. The Morgan fingerprint density at radius 3 is 2.59 bits per heavy atom. The summed E-state index contributed by atoms with van der Waals surface area (Å²) in [6.45, 7) is 0. The molecule has 0 atom stereocenters. The summed E-state index contributed by atoms with van der Waals surface area (Å²) < 4.78 is 31.2. The highest BCUT2D eigenvalue weighted by molar-refractivity contribution is 5.62. The van der Waals surface area contributed by atoms with Crippen molar-refractivity contribution in [2.24, 2.45) is 0 Å². The number of hydrogen-bond acceptors (Lipinski definition) is 4. The van der Waals surface area contributed by atoms with Crippen LogP contribution >= 0.6 is 0 Å². The Morgan fingerprint density at radius 2 is 1.94 bits per heavy atom. The minimum absolute atomic E-state index is 0.0388. The lowest BCUT2D eigenvalue weighted by atomic mass is 10.1. The standard InChI is InChI=1S/C11H9F2N3O/c1-17-10-5-9(15-11(14)16-10)7-3-2-6(12)4-8(7)13/h2-5H,1H3,(H2,14,15,16). The monoisotopic (exact) mass is 237 g/mol. The van der Waals surface area contributed by atoms with Crippen LogP contribution in [-0.4, -0.2) is 17.1 Å². The second-order valence-corrected chi connectivity index (χ2v) is 3.28. The Kier molecular flexibility index (Phi) is 2.86. The fourth-order valence-electron chi connectivity index (χ4n) is 1.38. The summed E-state index contributed by atoms with van der Waals surface area (Å²) in [7, 11) is 1.41. The second-order valence-electron chi connectivity index (χ2n) is 3.28. The van der Waals surface area contributed by atoms with E-state index in [1.165, 1.54) is 19.2 Å². The third kappa shape index (κ3) is 2.30. The molecule has 0 amide bonds. The largest absolute Gasteiger partial charge is 0.481 e. The van der Waals surface area contributed by atoms with Crippen LogP contribution in [0.4, 0.5) is 14.7 Å². The lowest BCUT2D eigenvalue weighted by Crippen LogP contribution is -2.00. The van der Waals surface area contributed by atoms with Crippen LogP contribution in [0.2, 0.25) is 0 Å². The molecule has 1 aromatic carbocycles. The molecule has 0 radical (unpaired) electrons. The lowest BCUT2D eigenvalue weighted by Gasteiger charge is -2.05. The number of nitrogens with two attached hydrogens (primary N) is 1. The first-order chi connectivity index (χ1) is 8.10. The number of methoxy groups -OCH3 is 1. The van der Waals surface area contributed by atoms with Crippen LogP contribution in [0.1, 0.15) is 0 Å². The van der Waals surface area contributed by atoms with E-state index < -0.39 is 11.6 Å². The van der Waals surface area contributed by atoms with E-state index in [2.05, 4.69) is 9.97 Å². The molecular formula is C11H9F2N3O. The zero-order chi connectivity index (χ0) is 12.4. The number of hydrogen-bond donors (Lipinski definition) is 1. The molecule has 6 heteroatoms. The molecule has 88 valence electrons. The number of halogens is 2. The summed E-state index contributed by atoms with van der Waals surface area (Å²) in [6.07, 6.45) is 0. The van der Waals surface area contributed by atoms with Gasteiger partial charge in [-0.05, 0) is 12.1 Å². The van der Waals surface area contributed by atoms with E-state index in [1.54, 1.807) is 0 Å². The minimum Gasteiger partial charge on any atom is -0.481 e. The van der Waals surface area contributed by atoms with E-state index in [4.69, 9.17) is 10.5 Å². The highest BCUT2D eigenvalue weighted by Gasteiger charge is 2.10. The predicted octanol–water partition coefficient (Wildman–Crippen LogP) is 2.01. The van der Waals surface area contributed by atoms with Gasteiger partial charge in [-0.1, -0.05) is 0 Å². The van der Waals surface area contributed by atoms with Crippen LogP contribution in [0.3, 0.4) is 0 Å². The lowest BCUT2D eigenvalue weighted by molar-refractivity contribution is 0.398. The van der Waals surface area contributed by atoms with Crippen molar-refractivity contribution in [1.29, 1.82) is 0 Å². The molecule has 4 nitrogen and oxygen atoms in total. The summed E-state index contributed by atoms with van der Waals surface area (Å²) >= 11 is 0. The number of nitrogen functional groups attached to an aromatic ring is 1. The molecule has 0 spiro atoms. The van der Waals surface area contributed by atoms with E-state index >= 15 is 0 Å². The first-order valence-corrected chi connectivity index (χ1v) is 4.74. The Morgan fingerprint density at radius 1 is 1.18 bits per heavy atom. The third-order valence-corrected chi connectivity index (χ3v) is 2.14. The van der Waals surface area contributed by atoms with Crippen molar-refractivity contribution < 1.29 is 13.5 Å². The first-order valence-electron chi connectivity index (χ1n) is 4.74. The maximum Gasteiger partial charge on any atom is 0.223 e. The van der Waals surface area contributed by atoms with Crippen molar-refractivity contribution in [3.8, 4) is 17.1 Å². The van der Waals surface area contributed by atoms with Crippen molar-refractivity contribution in [2.75, 3.05) is 12.8 Å². The first kappa shape index (κ1) is 11.3. The molecule has 0 saturated carbocycles. The molecule has 17 heavy (non-hydrogen) atoms. The van der Waals surface area contributed by atoms with Gasteiger partial charge in [0.05, 0.1) is 12.8 Å². The van der Waals surface area contributed by atoms with Gasteiger partial charge in [-0.3, -0.25) is 0 Å². The molecule has 0 bridgehead atoms. The zero-order valence-corrected chi connectivity index (χ0v) is 8.95. The summed E-state index contributed by atoms with van der Waals surface area (Å²) in [5.41, 5.74) is 5.83. The average Bonchev–Trinajstić information content (AvgIpc) is 2.28. The summed E-state index contributed by atoms with van der Waals surface area (Å²) in [5, 5.41) is 0. The van der Waals surface area contributed by atoms with E-state index in [-0.39, 0.29) is 23.1 Å². The SMILES string of the molecule is COc1cc(-c2ccc(F)cc2F)nc(N)n1. The van der Waals surface area contributed by atoms with Gasteiger partial charge in [-0.15, -0.1) is 0 Å². The number of ether oxygens (including phenoxy) is 1. The Balaban J connectivity index is 2.55. The topological polar surface area (TPSA) is 61.0 Å². The van der Waals surface area contributed by atoms with E-state index in [9.17, 15) is 8.78 Å². The second kappa shape index (κ2) is 4.32. The van der Waals surface area contributed by atoms with Crippen molar-refractivity contribution >= 4 is 5.95 Å². The van der Waals surface area contributed by atoms with Gasteiger partial charge in [0.1, 0.15) is 11.6 Å². The zero-order valence-electron chi connectivity index (χ0n) is 8.95. The van der Waals surface area contributed by atoms with Crippen molar-refractivity contribution in [3.05, 3.63) is 35.9 Å². The van der Waals surface area contributed by atoms with Crippen LogP contribution in [0.15, 0.2) is 24.3 Å². The summed E-state index contributed by atoms with van der Waals surface area (Å²) in [6, 6.07) is 4.63. The maximum atomic E-state index is 13.5. The van der Waals surface area contributed by atoms with Crippen LogP contribution in [-0.2, 0) is 0 Å². The average molecular weight is 237 g/mol. The Labute approximate surface area is 96.1 Å². The minimum atomic E-state index is -0.717. The molecule has 2 rings (SSSR count). The molecule has 0 aliphatic carbocycles. The smallest absolute Gasteiger partial charge is 0.223 e. The maximum absolute atomic E-state index is 13.5. The Hall–Kier alpha value is -2.24. The molecule has 1 aromatic heterocycles. The van der Waals surface area contributed by atoms with E-state index in [1.807, 2.05) is 0 Å². The van der Waals surface area contributed by atoms with Crippen LogP contribution in [0.25, 0.3) is 11.3 Å². The third-order valence-electron chi connectivity index (χ3n) is 2.14. The molecular weight excluding hydrogens is 228 g/mol. The van der Waals surface area contributed by atoms with Gasteiger partial charge in [-0.25, -0.2) is 13.8 Å². The molecule has 0 unspecified atom stereocenters. The molecule has 2 aromatic rings. The fourth-order valence-corrected chi connectivity index (χ4v) is 1.38. The van der Waals surface area contributed by atoms with Crippen LogP contribution in [0, 0.1) is 11.6 Å². The number of aromatic nitrogens is 2. The van der Waals surface area contributed by atoms with Gasteiger partial charge in [0.2, 0.25) is 11.8 Å². The van der Waals surface area contributed by atoms with E-state index in [0.717, 1.165) is 12.1 Å². The van der Waals surface area contributed by atoms with Crippen LogP contribution in [0.5, 0.6) is 5.88 Å². The molecule has 1 heterocycles. The van der Waals surface area contributed by atoms with Gasteiger partial charge in [0.25, 0.3) is 0 Å². The highest BCUT2D eigenvalue weighted by Crippen LogP contribution is 2.24. The fraction of sp³-hybridized carbons (Fsp3) is 0.0909. The Bertz CT molecular complexity index is 560. The molecule has 0 fully saturated rings. The number of rotatable bonds is 2. The number of benzene rings is 1. The van der Waals surface area contributed by atoms with Gasteiger partial charge >= 0.3 is 0 Å². The number of anilines is 1. The highest BCUT2D eigenvalue weighted by atomic mass is 19.1. The van der Waals surface area contributed by atoms with Crippen molar-refractivity contribution in [2.45, 2.75) is 0 Å². The van der Waals surface area contributed by atoms with Crippen molar-refractivity contribution in [1.82, 2.24) is 9.97 Å². The quantitative estimate of drug-likeness (QED) is 0.867. The molecule has 0 aliphatic rings. The number of nitrogens with zero attached hydrogens (tertiary/aromatic N) is 2. The summed E-state index contributed by atoms with van der Waals surface area (Å²) in [5.74, 6) is -1.19. The van der Waals surface area contributed by atoms with Crippen LogP contribution < -0.4 is 10.5 Å². The van der Waals surface area contributed by atoms with Gasteiger partial charge < -0.3 is 10.5 Å². The molecule has 0 aliphatic heterocycles. The van der Waals surface area contributed by atoms with Gasteiger partial charge in [0.15, 0.2) is 0 Å². The van der Waals surface area contributed by atoms with E-state index in [0.29, 0.717) is 0 Å². The van der Waals surface area contributed by atoms with Gasteiger partial charge in [0, 0.05) is 17.7 Å². The van der Waals surface area contributed by atoms with Crippen molar-refractivity contribution in [3.63, 3.8) is 0 Å². The normalized spacial score (nSPS) is 10.3. The summed E-state index contributed by atoms with van der Waals surface area (Å²) in [4.78, 5) is 7.64. The molecule has 2 N–H and O–H groups in total.